The molecule has 1 aromatic heterocycles. The van der Waals surface area contributed by atoms with E-state index in [2.05, 4.69) is 15.2 Å². The van der Waals surface area contributed by atoms with E-state index in [1.165, 1.54) is 11.8 Å². The molecular weight excluding hydrogens is 274 g/mol. The number of ether oxygens (including phenoxy) is 1. The van der Waals surface area contributed by atoms with Gasteiger partial charge in [-0.15, -0.1) is 5.10 Å². The third-order valence-electron chi connectivity index (χ3n) is 2.57. The zero-order valence-electron chi connectivity index (χ0n) is 11.3. The van der Waals surface area contributed by atoms with Gasteiger partial charge in [-0.25, -0.2) is 4.98 Å². The smallest absolute Gasteiger partial charge is 0.305 e. The maximum atomic E-state index is 11.2. The fourth-order valence-electron chi connectivity index (χ4n) is 1.65. The van der Waals surface area contributed by atoms with Crippen LogP contribution in [-0.2, 0) is 9.53 Å². The average molecular weight is 291 g/mol. The van der Waals surface area contributed by atoms with E-state index in [0.29, 0.717) is 18.2 Å². The standard InChI is InChI=1S/C14H17N3O2S/c1-2-19-12(18)9-6-10-20-14-15-13(16-17-14)11-7-4-3-5-8-11/h3-5,7-8H,2,6,9-10H2,1H3,(H,15,16,17). The van der Waals surface area contributed by atoms with Crippen molar-refractivity contribution in [3.8, 4) is 11.4 Å². The van der Waals surface area contributed by atoms with Crippen molar-refractivity contribution < 1.29 is 9.53 Å². The van der Waals surface area contributed by atoms with Gasteiger partial charge in [-0.1, -0.05) is 42.1 Å². The predicted octanol–water partition coefficient (Wildman–Crippen LogP) is 2.91. The first-order valence-electron chi connectivity index (χ1n) is 6.56. The molecular formula is C14H17N3O2S. The zero-order valence-corrected chi connectivity index (χ0v) is 12.2. The first-order chi connectivity index (χ1) is 9.79. The van der Waals surface area contributed by atoms with Crippen molar-refractivity contribution in [2.45, 2.75) is 24.9 Å². The van der Waals surface area contributed by atoms with Gasteiger partial charge in [0.2, 0.25) is 5.16 Å². The van der Waals surface area contributed by atoms with Crippen LogP contribution in [-0.4, -0.2) is 33.5 Å². The van der Waals surface area contributed by atoms with Crippen molar-refractivity contribution in [2.75, 3.05) is 12.4 Å². The van der Waals surface area contributed by atoms with Crippen LogP contribution in [0.5, 0.6) is 0 Å². The molecule has 0 aliphatic carbocycles. The summed E-state index contributed by atoms with van der Waals surface area (Å²) in [5, 5.41) is 7.78. The molecule has 0 radical (unpaired) electrons. The lowest BCUT2D eigenvalue weighted by molar-refractivity contribution is -0.143. The summed E-state index contributed by atoms with van der Waals surface area (Å²) < 4.78 is 4.87. The number of hydrogen-bond donors (Lipinski definition) is 1. The third kappa shape index (κ3) is 4.38. The summed E-state index contributed by atoms with van der Waals surface area (Å²) in [7, 11) is 0. The predicted molar refractivity (Wildman–Crippen MR) is 78.4 cm³/mol. The van der Waals surface area contributed by atoms with E-state index in [0.717, 1.165) is 23.6 Å². The van der Waals surface area contributed by atoms with Crippen molar-refractivity contribution in [3.63, 3.8) is 0 Å². The van der Waals surface area contributed by atoms with Crippen LogP contribution >= 0.6 is 11.8 Å². The molecule has 0 spiro atoms. The molecule has 0 fully saturated rings. The maximum absolute atomic E-state index is 11.2. The molecule has 2 aromatic rings. The Morgan fingerprint density at radius 2 is 2.15 bits per heavy atom. The summed E-state index contributed by atoms with van der Waals surface area (Å²) in [6.45, 7) is 2.25. The number of nitrogens with zero attached hydrogens (tertiary/aromatic N) is 2. The largest absolute Gasteiger partial charge is 0.466 e. The van der Waals surface area contributed by atoms with Crippen molar-refractivity contribution in [1.29, 1.82) is 0 Å². The van der Waals surface area contributed by atoms with Crippen LogP contribution in [0.3, 0.4) is 0 Å². The number of hydrogen-bond acceptors (Lipinski definition) is 5. The Morgan fingerprint density at radius 1 is 1.35 bits per heavy atom. The lowest BCUT2D eigenvalue weighted by Crippen LogP contribution is -2.03. The summed E-state index contributed by atoms with van der Waals surface area (Å²) in [5.41, 5.74) is 1.01. The van der Waals surface area contributed by atoms with Crippen LogP contribution < -0.4 is 0 Å². The topological polar surface area (TPSA) is 67.9 Å². The van der Waals surface area contributed by atoms with Crippen LogP contribution in [0.1, 0.15) is 19.8 Å². The normalized spacial score (nSPS) is 10.4. The highest BCUT2D eigenvalue weighted by Crippen LogP contribution is 2.19. The molecule has 0 aliphatic rings. The molecule has 0 unspecified atom stereocenters. The lowest BCUT2D eigenvalue weighted by atomic mass is 10.2. The second-order valence-electron chi connectivity index (χ2n) is 4.09. The molecule has 1 N–H and O–H groups in total. The Morgan fingerprint density at radius 3 is 2.90 bits per heavy atom. The van der Waals surface area contributed by atoms with E-state index in [4.69, 9.17) is 4.74 Å². The van der Waals surface area contributed by atoms with E-state index in [1.54, 1.807) is 0 Å². The number of rotatable bonds is 7. The number of thioether (sulfide) groups is 1. The molecule has 5 nitrogen and oxygen atoms in total. The van der Waals surface area contributed by atoms with Gasteiger partial charge in [-0.2, -0.15) is 0 Å². The third-order valence-corrected chi connectivity index (χ3v) is 3.51. The highest BCUT2D eigenvalue weighted by molar-refractivity contribution is 7.99. The van der Waals surface area contributed by atoms with Gasteiger partial charge in [0.15, 0.2) is 5.82 Å². The fourth-order valence-corrected chi connectivity index (χ4v) is 2.39. The van der Waals surface area contributed by atoms with Crippen LogP contribution in [0.15, 0.2) is 35.5 Å². The Kier molecular flexibility index (Phi) is 5.61. The Bertz CT molecular complexity index is 542. The van der Waals surface area contributed by atoms with Gasteiger partial charge >= 0.3 is 5.97 Å². The molecule has 20 heavy (non-hydrogen) atoms. The van der Waals surface area contributed by atoms with Crippen molar-refractivity contribution >= 4 is 17.7 Å². The minimum atomic E-state index is -0.145. The molecule has 1 aromatic carbocycles. The minimum absolute atomic E-state index is 0.145. The summed E-state index contributed by atoms with van der Waals surface area (Å²) in [6.07, 6.45) is 1.20. The summed E-state index contributed by atoms with van der Waals surface area (Å²) in [5.74, 6) is 1.41. The van der Waals surface area contributed by atoms with Gasteiger partial charge < -0.3 is 4.74 Å². The van der Waals surface area contributed by atoms with Gasteiger partial charge in [-0.3, -0.25) is 9.89 Å². The monoisotopic (exact) mass is 291 g/mol. The van der Waals surface area contributed by atoms with E-state index in [-0.39, 0.29) is 5.97 Å². The fraction of sp³-hybridized carbons (Fsp3) is 0.357. The number of carbonyl (C=O) groups is 1. The molecule has 0 saturated heterocycles. The van der Waals surface area contributed by atoms with Crippen LogP contribution in [0.4, 0.5) is 0 Å². The number of esters is 1. The molecule has 1 heterocycles. The van der Waals surface area contributed by atoms with Crippen LogP contribution in [0, 0.1) is 0 Å². The van der Waals surface area contributed by atoms with Crippen molar-refractivity contribution in [1.82, 2.24) is 15.2 Å². The van der Waals surface area contributed by atoms with E-state index in [1.807, 2.05) is 37.3 Å². The molecule has 0 saturated carbocycles. The average Bonchev–Trinajstić information content (AvgIpc) is 2.94. The quantitative estimate of drug-likeness (QED) is 0.482. The number of aromatic nitrogens is 3. The van der Waals surface area contributed by atoms with E-state index >= 15 is 0 Å². The molecule has 0 atom stereocenters. The van der Waals surface area contributed by atoms with Crippen LogP contribution in [0.25, 0.3) is 11.4 Å². The molecule has 0 amide bonds. The van der Waals surface area contributed by atoms with Gasteiger partial charge in [-0.05, 0) is 13.3 Å². The highest BCUT2D eigenvalue weighted by Gasteiger charge is 2.06. The molecule has 0 aliphatic heterocycles. The Labute approximate surface area is 122 Å². The first-order valence-corrected chi connectivity index (χ1v) is 7.54. The van der Waals surface area contributed by atoms with Gasteiger partial charge in [0.05, 0.1) is 6.61 Å². The minimum Gasteiger partial charge on any atom is -0.466 e. The number of benzene rings is 1. The van der Waals surface area contributed by atoms with Crippen LogP contribution in [0.2, 0.25) is 0 Å². The molecule has 6 heteroatoms. The van der Waals surface area contributed by atoms with Crippen molar-refractivity contribution in [3.05, 3.63) is 30.3 Å². The summed E-state index contributed by atoms with van der Waals surface area (Å²) in [4.78, 5) is 15.6. The van der Waals surface area contributed by atoms with Gasteiger partial charge in [0.1, 0.15) is 0 Å². The molecule has 0 bridgehead atoms. The van der Waals surface area contributed by atoms with Gasteiger partial charge in [0, 0.05) is 17.7 Å². The van der Waals surface area contributed by atoms with E-state index in [9.17, 15) is 4.79 Å². The summed E-state index contributed by atoms with van der Waals surface area (Å²) in [6, 6.07) is 9.85. The zero-order chi connectivity index (χ0) is 14.2. The SMILES string of the molecule is CCOC(=O)CCCSc1n[nH]c(-c2ccccc2)n1. The number of carbonyl (C=O) groups excluding carboxylic acids is 1. The Balaban J connectivity index is 1.78. The number of H-pyrrole nitrogens is 1. The van der Waals surface area contributed by atoms with Gasteiger partial charge in [0.25, 0.3) is 0 Å². The molecule has 106 valence electrons. The Hall–Kier alpha value is -1.82. The first kappa shape index (κ1) is 14.6. The van der Waals surface area contributed by atoms with Crippen molar-refractivity contribution in [2.24, 2.45) is 0 Å². The highest BCUT2D eigenvalue weighted by atomic mass is 32.2. The second-order valence-corrected chi connectivity index (χ2v) is 5.15. The maximum Gasteiger partial charge on any atom is 0.305 e. The lowest BCUT2D eigenvalue weighted by Gasteiger charge is -2.00. The molecule has 2 rings (SSSR count). The number of aromatic amines is 1. The summed E-state index contributed by atoms with van der Waals surface area (Å²) >= 11 is 1.53. The number of nitrogens with one attached hydrogen (secondary N) is 1. The van der Waals surface area contributed by atoms with E-state index < -0.39 is 0 Å². The second kappa shape index (κ2) is 7.69.